The van der Waals surface area contributed by atoms with Crippen molar-refractivity contribution in [1.82, 2.24) is 0 Å². The minimum absolute atomic E-state index is 0.0413. The van der Waals surface area contributed by atoms with Gasteiger partial charge in [0.1, 0.15) is 0 Å². The van der Waals surface area contributed by atoms with Gasteiger partial charge in [-0.15, -0.1) is 0 Å². The van der Waals surface area contributed by atoms with E-state index in [1.54, 1.807) is 0 Å². The highest BCUT2D eigenvalue weighted by atomic mass is 16.7. The van der Waals surface area contributed by atoms with Crippen LogP contribution in [0, 0.1) is 5.41 Å². The maximum Gasteiger partial charge on any atom is 0.160 e. The summed E-state index contributed by atoms with van der Waals surface area (Å²) < 4.78 is 21.3. The Bertz CT molecular complexity index is 173. The van der Waals surface area contributed by atoms with Crippen LogP contribution in [-0.4, -0.2) is 45.9 Å². The second kappa shape index (κ2) is 4.57. The molecule has 0 bridgehead atoms. The van der Waals surface area contributed by atoms with Gasteiger partial charge in [0.2, 0.25) is 0 Å². The minimum atomic E-state index is -0.0413. The van der Waals surface area contributed by atoms with Gasteiger partial charge in [-0.2, -0.15) is 0 Å². The van der Waals surface area contributed by atoms with Crippen LogP contribution in [0.4, 0.5) is 0 Å². The molecule has 4 heteroatoms. The quantitative estimate of drug-likeness (QED) is 0.618. The number of rotatable bonds is 5. The average molecular weight is 202 g/mol. The minimum Gasteiger partial charge on any atom is -0.381 e. The third-order valence-electron chi connectivity index (χ3n) is 2.54. The molecule has 0 atom stereocenters. The highest BCUT2D eigenvalue weighted by Gasteiger charge is 2.33. The van der Waals surface area contributed by atoms with E-state index in [9.17, 15) is 0 Å². The monoisotopic (exact) mass is 202 g/mol. The second-order valence-electron chi connectivity index (χ2n) is 4.32. The lowest BCUT2D eigenvalue weighted by molar-refractivity contribution is -0.143. The van der Waals surface area contributed by atoms with Gasteiger partial charge in [-0.05, 0) is 0 Å². The van der Waals surface area contributed by atoms with E-state index in [0.717, 1.165) is 39.5 Å². The van der Waals surface area contributed by atoms with Crippen molar-refractivity contribution in [2.75, 3.05) is 39.6 Å². The Hall–Kier alpha value is -0.160. The predicted octanol–water partition coefficient (Wildman–Crippen LogP) is 0.802. The highest BCUT2D eigenvalue weighted by Crippen LogP contribution is 2.26. The van der Waals surface area contributed by atoms with Gasteiger partial charge in [0.25, 0.3) is 0 Å². The predicted molar refractivity (Wildman–Crippen MR) is 50.1 cm³/mol. The molecule has 0 unspecified atom stereocenters. The van der Waals surface area contributed by atoms with Gasteiger partial charge >= 0.3 is 0 Å². The lowest BCUT2D eigenvalue weighted by Gasteiger charge is -2.37. The number of hydrogen-bond acceptors (Lipinski definition) is 4. The van der Waals surface area contributed by atoms with Gasteiger partial charge in [-0.3, -0.25) is 0 Å². The van der Waals surface area contributed by atoms with Crippen molar-refractivity contribution in [1.29, 1.82) is 0 Å². The molecule has 0 radical (unpaired) electrons. The first kappa shape index (κ1) is 10.4. The highest BCUT2D eigenvalue weighted by molar-refractivity contribution is 4.80. The molecule has 2 fully saturated rings. The van der Waals surface area contributed by atoms with Crippen LogP contribution in [0.15, 0.2) is 0 Å². The number of ether oxygens (including phenoxy) is 4. The Morgan fingerprint density at radius 2 is 2.00 bits per heavy atom. The van der Waals surface area contributed by atoms with E-state index < -0.39 is 0 Å². The van der Waals surface area contributed by atoms with Crippen LogP contribution in [0.1, 0.15) is 13.3 Å². The van der Waals surface area contributed by atoms with Gasteiger partial charge in [-0.25, -0.2) is 0 Å². The largest absolute Gasteiger partial charge is 0.381 e. The van der Waals surface area contributed by atoms with Crippen molar-refractivity contribution in [3.63, 3.8) is 0 Å². The Kier molecular flexibility index (Phi) is 3.38. The van der Waals surface area contributed by atoms with E-state index in [2.05, 4.69) is 6.92 Å². The second-order valence-corrected chi connectivity index (χ2v) is 4.32. The topological polar surface area (TPSA) is 36.9 Å². The summed E-state index contributed by atoms with van der Waals surface area (Å²) in [7, 11) is 0. The standard InChI is InChI=1S/C10H18O4/c1-10(7-12-8-10)6-11-3-2-9-13-4-5-14-9/h9H,2-8H2,1H3. The molecule has 2 heterocycles. The van der Waals surface area contributed by atoms with Gasteiger partial charge in [0.15, 0.2) is 6.29 Å². The van der Waals surface area contributed by atoms with Crippen LogP contribution in [0.3, 0.4) is 0 Å². The molecule has 14 heavy (non-hydrogen) atoms. The first-order valence-corrected chi connectivity index (χ1v) is 5.17. The summed E-state index contributed by atoms with van der Waals surface area (Å²) in [6.45, 7) is 6.75. The Labute approximate surface area is 84.5 Å². The normalized spacial score (nSPS) is 26.4. The Morgan fingerprint density at radius 3 is 2.57 bits per heavy atom. The van der Waals surface area contributed by atoms with Crippen LogP contribution >= 0.6 is 0 Å². The summed E-state index contributed by atoms with van der Waals surface area (Å²) in [6, 6.07) is 0. The molecule has 2 aliphatic rings. The molecule has 0 amide bonds. The van der Waals surface area contributed by atoms with Crippen molar-refractivity contribution in [3.05, 3.63) is 0 Å². The molecule has 0 aliphatic carbocycles. The summed E-state index contributed by atoms with van der Waals surface area (Å²) in [5.74, 6) is 0. The van der Waals surface area contributed by atoms with Crippen LogP contribution in [0.5, 0.6) is 0 Å². The molecule has 2 saturated heterocycles. The van der Waals surface area contributed by atoms with E-state index in [1.165, 1.54) is 0 Å². The average Bonchev–Trinajstić information content (AvgIpc) is 2.62. The van der Waals surface area contributed by atoms with Crippen molar-refractivity contribution in [2.24, 2.45) is 5.41 Å². The maximum atomic E-state index is 5.56. The fourth-order valence-electron chi connectivity index (χ4n) is 1.61. The summed E-state index contributed by atoms with van der Waals surface area (Å²) in [4.78, 5) is 0. The summed E-state index contributed by atoms with van der Waals surface area (Å²) in [5.41, 5.74) is 0.247. The molecule has 2 rings (SSSR count). The van der Waals surface area contributed by atoms with Gasteiger partial charge in [0.05, 0.1) is 39.6 Å². The zero-order valence-electron chi connectivity index (χ0n) is 8.66. The molecule has 82 valence electrons. The van der Waals surface area contributed by atoms with Gasteiger partial charge in [0, 0.05) is 11.8 Å². The molecular weight excluding hydrogens is 184 g/mol. The first-order valence-electron chi connectivity index (χ1n) is 5.17. The zero-order chi connectivity index (χ0) is 9.86. The SMILES string of the molecule is CC1(COCCC2OCCO2)COC1. The fraction of sp³-hybridized carbons (Fsp3) is 1.00. The van der Waals surface area contributed by atoms with E-state index in [4.69, 9.17) is 18.9 Å². The van der Waals surface area contributed by atoms with Gasteiger partial charge < -0.3 is 18.9 Å². The van der Waals surface area contributed by atoms with Crippen LogP contribution < -0.4 is 0 Å². The summed E-state index contributed by atoms with van der Waals surface area (Å²) >= 11 is 0. The summed E-state index contributed by atoms with van der Waals surface area (Å²) in [5, 5.41) is 0. The van der Waals surface area contributed by atoms with E-state index >= 15 is 0 Å². The molecule has 2 aliphatic heterocycles. The maximum absolute atomic E-state index is 5.56. The lowest BCUT2D eigenvalue weighted by Crippen LogP contribution is -2.43. The van der Waals surface area contributed by atoms with Crippen molar-refractivity contribution < 1.29 is 18.9 Å². The van der Waals surface area contributed by atoms with Gasteiger partial charge in [-0.1, -0.05) is 6.92 Å². The van der Waals surface area contributed by atoms with E-state index in [1.807, 2.05) is 0 Å². The lowest BCUT2D eigenvalue weighted by atomic mass is 9.90. The molecular formula is C10H18O4. The van der Waals surface area contributed by atoms with E-state index in [-0.39, 0.29) is 11.7 Å². The Balaban J connectivity index is 1.50. The van der Waals surface area contributed by atoms with E-state index in [0.29, 0.717) is 6.61 Å². The van der Waals surface area contributed by atoms with Crippen LogP contribution in [0.2, 0.25) is 0 Å². The molecule has 0 saturated carbocycles. The molecule has 0 aromatic rings. The fourth-order valence-corrected chi connectivity index (χ4v) is 1.61. The molecule has 4 nitrogen and oxygen atoms in total. The third kappa shape index (κ3) is 2.67. The first-order chi connectivity index (χ1) is 6.79. The molecule has 0 aromatic carbocycles. The Morgan fingerprint density at radius 1 is 1.29 bits per heavy atom. The molecule has 0 spiro atoms. The van der Waals surface area contributed by atoms with Crippen LogP contribution in [0.25, 0.3) is 0 Å². The van der Waals surface area contributed by atoms with Crippen LogP contribution in [-0.2, 0) is 18.9 Å². The summed E-state index contributed by atoms with van der Waals surface area (Å²) in [6.07, 6.45) is 0.789. The van der Waals surface area contributed by atoms with Crippen molar-refractivity contribution >= 4 is 0 Å². The number of hydrogen-bond donors (Lipinski definition) is 0. The molecule has 0 N–H and O–H groups in total. The van der Waals surface area contributed by atoms with Crippen molar-refractivity contribution in [2.45, 2.75) is 19.6 Å². The molecule has 0 aromatic heterocycles. The smallest absolute Gasteiger partial charge is 0.160 e. The zero-order valence-corrected chi connectivity index (χ0v) is 8.66. The third-order valence-corrected chi connectivity index (χ3v) is 2.54. The van der Waals surface area contributed by atoms with Crippen molar-refractivity contribution in [3.8, 4) is 0 Å².